The Labute approximate surface area is 105 Å². The molecular formula is C13H15FN2S. The van der Waals surface area contributed by atoms with Crippen LogP contribution >= 0.6 is 11.3 Å². The molecule has 90 valence electrons. The third kappa shape index (κ3) is 3.35. The summed E-state index contributed by atoms with van der Waals surface area (Å²) in [5.74, 6) is -0.180. The molecule has 1 N–H and O–H groups in total. The van der Waals surface area contributed by atoms with Gasteiger partial charge in [-0.1, -0.05) is 6.07 Å². The Morgan fingerprint density at radius 3 is 2.82 bits per heavy atom. The third-order valence-electron chi connectivity index (χ3n) is 2.60. The van der Waals surface area contributed by atoms with E-state index in [4.69, 9.17) is 0 Å². The molecule has 2 rings (SSSR count). The van der Waals surface area contributed by atoms with Crippen LogP contribution in [0.1, 0.15) is 21.0 Å². The smallest absolute Gasteiger partial charge is 0.123 e. The minimum Gasteiger partial charge on any atom is -0.308 e. The van der Waals surface area contributed by atoms with E-state index in [1.807, 2.05) is 26.1 Å². The number of hydrogen-bond donors (Lipinski definition) is 1. The molecule has 2 nitrogen and oxygen atoms in total. The van der Waals surface area contributed by atoms with E-state index >= 15 is 0 Å². The SMILES string of the molecule is Cc1ncc(CNCc2cc(F)ccc2C)s1. The molecule has 17 heavy (non-hydrogen) atoms. The zero-order valence-electron chi connectivity index (χ0n) is 9.96. The summed E-state index contributed by atoms with van der Waals surface area (Å²) in [7, 11) is 0. The summed E-state index contributed by atoms with van der Waals surface area (Å²) in [5, 5.41) is 4.38. The predicted octanol–water partition coefficient (Wildman–Crippen LogP) is 3.19. The number of aryl methyl sites for hydroxylation is 2. The largest absolute Gasteiger partial charge is 0.308 e. The molecule has 0 fully saturated rings. The fourth-order valence-corrected chi connectivity index (χ4v) is 2.40. The van der Waals surface area contributed by atoms with Crippen LogP contribution in [0, 0.1) is 19.7 Å². The van der Waals surface area contributed by atoms with Crippen LogP contribution in [-0.4, -0.2) is 4.98 Å². The lowest BCUT2D eigenvalue weighted by Gasteiger charge is -2.06. The predicted molar refractivity (Wildman–Crippen MR) is 68.5 cm³/mol. The standard InChI is InChI=1S/C13H15FN2S/c1-9-3-4-12(14)5-11(9)6-15-7-13-8-16-10(2)17-13/h3-5,8,15H,6-7H2,1-2H3. The van der Waals surface area contributed by atoms with Crippen LogP contribution in [0.25, 0.3) is 0 Å². The normalized spacial score (nSPS) is 10.8. The van der Waals surface area contributed by atoms with Crippen LogP contribution in [-0.2, 0) is 13.1 Å². The van der Waals surface area contributed by atoms with Crippen molar-refractivity contribution in [2.45, 2.75) is 26.9 Å². The average molecular weight is 250 g/mol. The minimum atomic E-state index is -0.180. The number of benzene rings is 1. The van der Waals surface area contributed by atoms with Gasteiger partial charge in [-0.25, -0.2) is 9.37 Å². The maximum absolute atomic E-state index is 13.1. The average Bonchev–Trinajstić information content (AvgIpc) is 2.69. The monoisotopic (exact) mass is 250 g/mol. The van der Waals surface area contributed by atoms with Gasteiger partial charge in [-0.2, -0.15) is 0 Å². The highest BCUT2D eigenvalue weighted by Crippen LogP contribution is 2.13. The summed E-state index contributed by atoms with van der Waals surface area (Å²) >= 11 is 1.68. The van der Waals surface area contributed by atoms with E-state index in [0.717, 1.165) is 22.7 Å². The quantitative estimate of drug-likeness (QED) is 0.901. The molecule has 0 saturated heterocycles. The van der Waals surface area contributed by atoms with Gasteiger partial charge in [0.05, 0.1) is 5.01 Å². The molecule has 0 saturated carbocycles. The Hall–Kier alpha value is -1.26. The van der Waals surface area contributed by atoms with E-state index < -0.39 is 0 Å². The Bertz CT molecular complexity index is 508. The first-order valence-corrected chi connectivity index (χ1v) is 6.34. The van der Waals surface area contributed by atoms with Gasteiger partial charge in [-0.15, -0.1) is 11.3 Å². The third-order valence-corrected chi connectivity index (χ3v) is 3.51. The molecule has 0 spiro atoms. The van der Waals surface area contributed by atoms with Gasteiger partial charge in [-0.05, 0) is 37.1 Å². The number of halogens is 1. The van der Waals surface area contributed by atoms with Gasteiger partial charge in [0.15, 0.2) is 0 Å². The van der Waals surface area contributed by atoms with Crippen LogP contribution < -0.4 is 5.32 Å². The summed E-state index contributed by atoms with van der Waals surface area (Å²) < 4.78 is 13.1. The summed E-state index contributed by atoms with van der Waals surface area (Å²) in [6.45, 7) is 5.44. The maximum Gasteiger partial charge on any atom is 0.123 e. The summed E-state index contributed by atoms with van der Waals surface area (Å²) in [5.41, 5.74) is 2.12. The molecule has 1 aromatic carbocycles. The van der Waals surface area contributed by atoms with E-state index in [2.05, 4.69) is 10.3 Å². The Morgan fingerprint density at radius 2 is 2.12 bits per heavy atom. The molecule has 1 heterocycles. The summed E-state index contributed by atoms with van der Waals surface area (Å²) in [6, 6.07) is 4.88. The van der Waals surface area contributed by atoms with Gasteiger partial charge in [0.1, 0.15) is 5.82 Å². The zero-order chi connectivity index (χ0) is 12.3. The van der Waals surface area contributed by atoms with Crippen molar-refractivity contribution in [3.8, 4) is 0 Å². The molecule has 0 aliphatic rings. The lowest BCUT2D eigenvalue weighted by atomic mass is 10.1. The Kier molecular flexibility index (Phi) is 3.86. The van der Waals surface area contributed by atoms with E-state index in [-0.39, 0.29) is 5.82 Å². The topological polar surface area (TPSA) is 24.9 Å². The number of nitrogens with one attached hydrogen (secondary N) is 1. The van der Waals surface area contributed by atoms with Gasteiger partial charge < -0.3 is 5.32 Å². The fraction of sp³-hybridized carbons (Fsp3) is 0.308. The molecule has 2 aromatic rings. The Balaban J connectivity index is 1.91. The fourth-order valence-electron chi connectivity index (χ4n) is 1.64. The minimum absolute atomic E-state index is 0.180. The van der Waals surface area contributed by atoms with Crippen LogP contribution in [0.4, 0.5) is 4.39 Å². The molecule has 0 bridgehead atoms. The second-order valence-electron chi connectivity index (χ2n) is 4.02. The highest BCUT2D eigenvalue weighted by atomic mass is 32.1. The maximum atomic E-state index is 13.1. The molecule has 0 unspecified atom stereocenters. The van der Waals surface area contributed by atoms with Crippen molar-refractivity contribution in [3.05, 3.63) is 51.2 Å². The van der Waals surface area contributed by atoms with Crippen molar-refractivity contribution in [1.29, 1.82) is 0 Å². The lowest BCUT2D eigenvalue weighted by molar-refractivity contribution is 0.619. The van der Waals surface area contributed by atoms with Crippen LogP contribution in [0.3, 0.4) is 0 Å². The van der Waals surface area contributed by atoms with Gasteiger partial charge in [0, 0.05) is 24.2 Å². The highest BCUT2D eigenvalue weighted by molar-refractivity contribution is 7.11. The van der Waals surface area contributed by atoms with Gasteiger partial charge >= 0.3 is 0 Å². The highest BCUT2D eigenvalue weighted by Gasteiger charge is 2.01. The van der Waals surface area contributed by atoms with E-state index in [1.54, 1.807) is 17.4 Å². The molecule has 0 atom stereocenters. The molecular weight excluding hydrogens is 235 g/mol. The molecule has 0 aliphatic carbocycles. The number of hydrogen-bond acceptors (Lipinski definition) is 3. The summed E-state index contributed by atoms with van der Waals surface area (Å²) in [6.07, 6.45) is 1.88. The molecule has 0 radical (unpaired) electrons. The van der Waals surface area contributed by atoms with Crippen molar-refractivity contribution in [1.82, 2.24) is 10.3 Å². The van der Waals surface area contributed by atoms with Crippen molar-refractivity contribution in [2.75, 3.05) is 0 Å². The molecule has 0 aliphatic heterocycles. The van der Waals surface area contributed by atoms with E-state index in [0.29, 0.717) is 6.54 Å². The van der Waals surface area contributed by atoms with Crippen molar-refractivity contribution in [3.63, 3.8) is 0 Å². The van der Waals surface area contributed by atoms with E-state index in [9.17, 15) is 4.39 Å². The second kappa shape index (κ2) is 5.38. The number of thiazole rings is 1. The number of rotatable bonds is 4. The first kappa shape index (κ1) is 12.2. The van der Waals surface area contributed by atoms with Gasteiger partial charge in [-0.3, -0.25) is 0 Å². The lowest BCUT2D eigenvalue weighted by Crippen LogP contribution is -2.12. The van der Waals surface area contributed by atoms with Crippen LogP contribution in [0.5, 0.6) is 0 Å². The molecule has 0 amide bonds. The van der Waals surface area contributed by atoms with Crippen LogP contribution in [0.15, 0.2) is 24.4 Å². The first-order chi connectivity index (χ1) is 8.15. The second-order valence-corrected chi connectivity index (χ2v) is 5.34. The zero-order valence-corrected chi connectivity index (χ0v) is 10.8. The van der Waals surface area contributed by atoms with E-state index in [1.165, 1.54) is 10.9 Å². The Morgan fingerprint density at radius 1 is 1.29 bits per heavy atom. The van der Waals surface area contributed by atoms with Crippen molar-refractivity contribution < 1.29 is 4.39 Å². The molecule has 1 aromatic heterocycles. The summed E-state index contributed by atoms with van der Waals surface area (Å²) in [4.78, 5) is 5.40. The number of nitrogens with zero attached hydrogens (tertiary/aromatic N) is 1. The van der Waals surface area contributed by atoms with Gasteiger partial charge in [0.25, 0.3) is 0 Å². The van der Waals surface area contributed by atoms with Crippen molar-refractivity contribution in [2.24, 2.45) is 0 Å². The first-order valence-electron chi connectivity index (χ1n) is 5.52. The molecule has 4 heteroatoms. The van der Waals surface area contributed by atoms with Crippen molar-refractivity contribution >= 4 is 11.3 Å². The van der Waals surface area contributed by atoms with Gasteiger partial charge in [0.2, 0.25) is 0 Å². The number of aromatic nitrogens is 1. The van der Waals surface area contributed by atoms with Crippen LogP contribution in [0.2, 0.25) is 0 Å².